The van der Waals surface area contributed by atoms with Crippen LogP contribution in [0.4, 0.5) is 0 Å². The molecular weight excluding hydrogens is 272 g/mol. The van der Waals surface area contributed by atoms with Gasteiger partial charge in [0.15, 0.2) is 0 Å². The fourth-order valence-electron chi connectivity index (χ4n) is 2.55. The van der Waals surface area contributed by atoms with Crippen molar-refractivity contribution in [3.05, 3.63) is 29.8 Å². The van der Waals surface area contributed by atoms with Gasteiger partial charge in [0, 0.05) is 0 Å². The predicted octanol–water partition coefficient (Wildman–Crippen LogP) is 3.19. The van der Waals surface area contributed by atoms with E-state index in [1.165, 1.54) is 6.07 Å². The SMILES string of the molecule is CCCCC(Oc1ccccc1C(=O)O)C1(C(=O)O)CC1. The number of rotatable bonds is 8. The Balaban J connectivity index is 2.24. The van der Waals surface area contributed by atoms with Gasteiger partial charge in [-0.15, -0.1) is 0 Å². The average Bonchev–Trinajstić information content (AvgIpc) is 3.25. The number of hydrogen-bond donors (Lipinski definition) is 2. The second kappa shape index (κ2) is 6.16. The highest BCUT2D eigenvalue weighted by Gasteiger charge is 2.57. The second-order valence-electron chi connectivity index (χ2n) is 5.51. The topological polar surface area (TPSA) is 83.8 Å². The van der Waals surface area contributed by atoms with Gasteiger partial charge in [-0.1, -0.05) is 31.9 Å². The number of ether oxygens (including phenoxy) is 1. The van der Waals surface area contributed by atoms with E-state index in [1.807, 2.05) is 6.92 Å². The fraction of sp³-hybridized carbons (Fsp3) is 0.500. The van der Waals surface area contributed by atoms with E-state index in [1.54, 1.807) is 18.2 Å². The van der Waals surface area contributed by atoms with Gasteiger partial charge in [-0.05, 0) is 31.4 Å². The van der Waals surface area contributed by atoms with Gasteiger partial charge in [0.25, 0.3) is 0 Å². The molecule has 2 rings (SSSR count). The Hall–Kier alpha value is -2.04. The van der Waals surface area contributed by atoms with Crippen LogP contribution in [0.5, 0.6) is 5.75 Å². The predicted molar refractivity (Wildman–Crippen MR) is 76.6 cm³/mol. The lowest BCUT2D eigenvalue weighted by Crippen LogP contribution is -2.35. The average molecular weight is 292 g/mol. The Kier molecular flexibility index (Phi) is 4.50. The molecule has 0 heterocycles. The standard InChI is InChI=1S/C16H20O5/c1-2-3-8-13(16(9-10-16)15(19)20)21-12-7-5-4-6-11(12)14(17)18/h4-7,13H,2-3,8-10H2,1H3,(H,17,18)(H,19,20). The summed E-state index contributed by atoms with van der Waals surface area (Å²) in [4.78, 5) is 22.7. The number of unbranched alkanes of at least 4 members (excludes halogenated alkanes) is 1. The maximum absolute atomic E-state index is 11.5. The van der Waals surface area contributed by atoms with Crippen molar-refractivity contribution in [2.75, 3.05) is 0 Å². The van der Waals surface area contributed by atoms with Gasteiger partial charge in [0.05, 0.1) is 0 Å². The molecule has 5 heteroatoms. The zero-order chi connectivity index (χ0) is 15.5. The van der Waals surface area contributed by atoms with Crippen LogP contribution >= 0.6 is 0 Å². The molecule has 21 heavy (non-hydrogen) atoms. The molecular formula is C16H20O5. The molecule has 1 aliphatic carbocycles. The van der Waals surface area contributed by atoms with Crippen molar-refractivity contribution in [2.45, 2.75) is 45.1 Å². The number of carboxylic acid groups (broad SMARTS) is 2. The molecule has 1 fully saturated rings. The largest absolute Gasteiger partial charge is 0.488 e. The monoisotopic (exact) mass is 292 g/mol. The Morgan fingerprint density at radius 2 is 1.95 bits per heavy atom. The number of benzene rings is 1. The molecule has 0 radical (unpaired) electrons. The van der Waals surface area contributed by atoms with Gasteiger partial charge >= 0.3 is 11.9 Å². The van der Waals surface area contributed by atoms with E-state index in [-0.39, 0.29) is 11.3 Å². The van der Waals surface area contributed by atoms with Gasteiger partial charge < -0.3 is 14.9 Å². The molecule has 0 saturated heterocycles. The van der Waals surface area contributed by atoms with E-state index in [2.05, 4.69) is 0 Å². The van der Waals surface area contributed by atoms with Crippen LogP contribution in [-0.2, 0) is 4.79 Å². The van der Waals surface area contributed by atoms with Crippen molar-refractivity contribution in [1.29, 1.82) is 0 Å². The highest BCUT2D eigenvalue weighted by atomic mass is 16.5. The van der Waals surface area contributed by atoms with Crippen LogP contribution < -0.4 is 4.74 Å². The summed E-state index contributed by atoms with van der Waals surface area (Å²) in [7, 11) is 0. The Bertz CT molecular complexity index is 533. The van der Waals surface area contributed by atoms with Crippen LogP contribution in [0.1, 0.15) is 49.4 Å². The van der Waals surface area contributed by atoms with Crippen molar-refractivity contribution >= 4 is 11.9 Å². The van der Waals surface area contributed by atoms with Crippen molar-refractivity contribution < 1.29 is 24.5 Å². The summed E-state index contributed by atoms with van der Waals surface area (Å²) in [6.45, 7) is 2.03. The molecule has 0 spiro atoms. The van der Waals surface area contributed by atoms with Crippen LogP contribution in [0.2, 0.25) is 0 Å². The molecule has 1 saturated carbocycles. The number of hydrogen-bond acceptors (Lipinski definition) is 3. The lowest BCUT2D eigenvalue weighted by Gasteiger charge is -2.25. The maximum atomic E-state index is 11.5. The van der Waals surface area contributed by atoms with Crippen molar-refractivity contribution in [3.63, 3.8) is 0 Å². The zero-order valence-electron chi connectivity index (χ0n) is 12.0. The summed E-state index contributed by atoms with van der Waals surface area (Å²) >= 11 is 0. The van der Waals surface area contributed by atoms with E-state index >= 15 is 0 Å². The van der Waals surface area contributed by atoms with E-state index in [0.29, 0.717) is 19.3 Å². The third-order valence-electron chi connectivity index (χ3n) is 4.04. The number of carboxylic acids is 2. The molecule has 0 aliphatic heterocycles. The third-order valence-corrected chi connectivity index (χ3v) is 4.04. The van der Waals surface area contributed by atoms with Crippen LogP contribution in [0, 0.1) is 5.41 Å². The van der Waals surface area contributed by atoms with E-state index in [4.69, 9.17) is 4.74 Å². The van der Waals surface area contributed by atoms with Gasteiger partial charge in [-0.2, -0.15) is 0 Å². The Morgan fingerprint density at radius 1 is 1.29 bits per heavy atom. The smallest absolute Gasteiger partial charge is 0.339 e. The van der Waals surface area contributed by atoms with Crippen molar-refractivity contribution in [1.82, 2.24) is 0 Å². The third kappa shape index (κ3) is 3.17. The quantitative estimate of drug-likeness (QED) is 0.768. The molecule has 1 aromatic carbocycles. The van der Waals surface area contributed by atoms with Crippen molar-refractivity contribution in [3.8, 4) is 5.75 Å². The molecule has 0 bridgehead atoms. The minimum atomic E-state index is -1.07. The van der Waals surface area contributed by atoms with E-state index in [9.17, 15) is 19.8 Å². The van der Waals surface area contributed by atoms with Crippen LogP contribution in [0.15, 0.2) is 24.3 Å². The van der Waals surface area contributed by atoms with Gasteiger partial charge in [-0.3, -0.25) is 4.79 Å². The molecule has 5 nitrogen and oxygen atoms in total. The molecule has 1 aromatic rings. The van der Waals surface area contributed by atoms with Gasteiger partial charge in [0.2, 0.25) is 0 Å². The van der Waals surface area contributed by atoms with E-state index < -0.39 is 23.5 Å². The molecule has 0 aromatic heterocycles. The first kappa shape index (κ1) is 15.4. The molecule has 2 N–H and O–H groups in total. The minimum absolute atomic E-state index is 0.0696. The number of aliphatic carboxylic acids is 1. The summed E-state index contributed by atoms with van der Waals surface area (Å²) in [5.41, 5.74) is -0.777. The minimum Gasteiger partial charge on any atom is -0.488 e. The Morgan fingerprint density at radius 3 is 2.48 bits per heavy atom. The fourth-order valence-corrected chi connectivity index (χ4v) is 2.55. The van der Waals surface area contributed by atoms with Gasteiger partial charge in [-0.25, -0.2) is 4.79 Å². The molecule has 1 unspecified atom stereocenters. The zero-order valence-corrected chi connectivity index (χ0v) is 12.0. The number of carbonyl (C=O) groups is 2. The second-order valence-corrected chi connectivity index (χ2v) is 5.51. The van der Waals surface area contributed by atoms with Gasteiger partial charge in [0.1, 0.15) is 22.8 Å². The molecule has 1 aliphatic rings. The first-order chi connectivity index (χ1) is 10.0. The molecule has 1 atom stereocenters. The summed E-state index contributed by atoms with van der Waals surface area (Å²) in [5, 5.41) is 18.6. The first-order valence-corrected chi connectivity index (χ1v) is 7.23. The first-order valence-electron chi connectivity index (χ1n) is 7.23. The van der Waals surface area contributed by atoms with Crippen molar-refractivity contribution in [2.24, 2.45) is 5.41 Å². The lowest BCUT2D eigenvalue weighted by atomic mass is 9.94. The summed E-state index contributed by atoms with van der Waals surface area (Å²) in [5.74, 6) is -1.67. The molecule has 0 amide bonds. The number of aromatic carboxylic acids is 1. The van der Waals surface area contributed by atoms with Crippen LogP contribution in [-0.4, -0.2) is 28.3 Å². The highest BCUT2D eigenvalue weighted by molar-refractivity contribution is 5.90. The highest BCUT2D eigenvalue weighted by Crippen LogP contribution is 2.51. The van der Waals surface area contributed by atoms with E-state index in [0.717, 1.165) is 12.8 Å². The van der Waals surface area contributed by atoms with Crippen LogP contribution in [0.3, 0.4) is 0 Å². The lowest BCUT2D eigenvalue weighted by molar-refractivity contribution is -0.147. The summed E-state index contributed by atoms with van der Waals surface area (Å²) in [6, 6.07) is 6.37. The summed E-state index contributed by atoms with van der Waals surface area (Å²) < 4.78 is 5.84. The Labute approximate surface area is 123 Å². The number of para-hydroxylation sites is 1. The summed E-state index contributed by atoms with van der Waals surface area (Å²) in [6.07, 6.45) is 3.12. The normalized spacial score (nSPS) is 17.0. The molecule has 114 valence electrons. The maximum Gasteiger partial charge on any atom is 0.339 e. The van der Waals surface area contributed by atoms with Crippen LogP contribution in [0.25, 0.3) is 0 Å².